The van der Waals surface area contributed by atoms with Crippen molar-refractivity contribution in [2.24, 2.45) is 11.3 Å². The van der Waals surface area contributed by atoms with Crippen molar-refractivity contribution < 1.29 is 21.2 Å². The molecule has 1 aliphatic heterocycles. The Morgan fingerprint density at radius 1 is 1.38 bits per heavy atom. The maximum absolute atomic E-state index is 12.3. The van der Waals surface area contributed by atoms with E-state index in [4.69, 9.17) is 6.85 Å². The van der Waals surface area contributed by atoms with Crippen LogP contribution in [-0.4, -0.2) is 17.8 Å². The molecule has 0 aromatic rings. The van der Waals surface area contributed by atoms with Crippen molar-refractivity contribution in [3.63, 3.8) is 0 Å². The maximum atomic E-state index is 12.3. The van der Waals surface area contributed by atoms with Gasteiger partial charge in [0.2, 0.25) is 11.8 Å². The summed E-state index contributed by atoms with van der Waals surface area (Å²) in [6.45, 7) is -0.00893. The molecule has 1 atom stereocenters. The van der Waals surface area contributed by atoms with Crippen LogP contribution in [-0.2, 0) is 9.59 Å². The summed E-state index contributed by atoms with van der Waals surface area (Å²) >= 11 is 0. The molecule has 5 heteroatoms. The molecule has 5 nitrogen and oxygen atoms in total. The van der Waals surface area contributed by atoms with Crippen LogP contribution in [0.15, 0.2) is 0 Å². The quantitative estimate of drug-likeness (QED) is 0.713. The zero-order chi connectivity index (χ0) is 16.6. The molecule has 1 fully saturated rings. The van der Waals surface area contributed by atoms with Crippen molar-refractivity contribution in [3.05, 3.63) is 0 Å². The lowest BCUT2D eigenvalue weighted by Gasteiger charge is -2.37. The molecule has 90 valence electrons. The minimum absolute atomic E-state index is 0.255. The minimum atomic E-state index is -3.20. The third-order valence-corrected chi connectivity index (χ3v) is 2.83. The summed E-state index contributed by atoms with van der Waals surface area (Å²) in [5, 5.41) is 3.64. The number of urea groups is 1. The zero-order valence-electron chi connectivity index (χ0n) is 14.2. The highest BCUT2D eigenvalue weighted by Crippen LogP contribution is 2.36. The van der Waals surface area contributed by atoms with Gasteiger partial charge in [0.15, 0.2) is 0 Å². The normalized spacial score (nSPS) is 27.6. The first-order valence-corrected chi connectivity index (χ1v) is 5.09. The summed E-state index contributed by atoms with van der Waals surface area (Å²) in [5.74, 6) is -3.32. The van der Waals surface area contributed by atoms with Crippen molar-refractivity contribution >= 4 is 17.8 Å². The predicted molar refractivity (Wildman–Crippen MR) is 58.5 cm³/mol. The number of barbiturate groups is 1. The van der Waals surface area contributed by atoms with Crippen LogP contribution in [0.3, 0.4) is 0 Å². The second-order valence-corrected chi connectivity index (χ2v) is 3.86. The average molecular weight is 231 g/mol. The molecule has 1 unspecified atom stereocenters. The second-order valence-electron chi connectivity index (χ2n) is 3.86. The van der Waals surface area contributed by atoms with Gasteiger partial charge in [-0.25, -0.2) is 4.79 Å². The van der Waals surface area contributed by atoms with Gasteiger partial charge in [-0.1, -0.05) is 27.1 Å². The number of amides is 4. The summed E-state index contributed by atoms with van der Waals surface area (Å²) < 4.78 is 37.9. The molecule has 16 heavy (non-hydrogen) atoms. The zero-order valence-corrected chi connectivity index (χ0v) is 9.22. The van der Waals surface area contributed by atoms with Crippen molar-refractivity contribution in [3.8, 4) is 0 Å². The fourth-order valence-corrected chi connectivity index (χ4v) is 1.87. The van der Waals surface area contributed by atoms with E-state index >= 15 is 0 Å². The summed E-state index contributed by atoms with van der Waals surface area (Å²) in [4.78, 5) is 35.7. The molecule has 1 aliphatic rings. The van der Waals surface area contributed by atoms with Crippen LogP contribution >= 0.6 is 0 Å². The van der Waals surface area contributed by atoms with E-state index in [0.29, 0.717) is 6.42 Å². The van der Waals surface area contributed by atoms with Gasteiger partial charge in [0.25, 0.3) is 0 Å². The van der Waals surface area contributed by atoms with Gasteiger partial charge in [-0.3, -0.25) is 20.2 Å². The maximum Gasteiger partial charge on any atom is 0.328 e. The van der Waals surface area contributed by atoms with Crippen molar-refractivity contribution in [2.45, 2.75) is 39.9 Å². The number of carbonyl (C=O) groups excluding carboxylic acids is 3. The Hall–Kier alpha value is -1.39. The van der Waals surface area contributed by atoms with Gasteiger partial charge in [0.05, 0.1) is 0 Å². The molecule has 0 radical (unpaired) electrons. The molecule has 0 bridgehead atoms. The van der Waals surface area contributed by atoms with E-state index in [1.54, 1.807) is 6.92 Å². The topological polar surface area (TPSA) is 75.3 Å². The van der Waals surface area contributed by atoms with Gasteiger partial charge in [-0.2, -0.15) is 0 Å². The number of carbonyl (C=O) groups is 3. The smallest absolute Gasteiger partial charge is 0.277 e. The van der Waals surface area contributed by atoms with Gasteiger partial charge in [-0.15, -0.1) is 0 Å². The third kappa shape index (κ3) is 1.81. The molecule has 0 aromatic heterocycles. The van der Waals surface area contributed by atoms with Crippen LogP contribution in [0.1, 0.15) is 46.8 Å². The SMILES string of the molecule is [2H]C([2H])([2H])C([2H])([2H])C1(C(C)CCC)C(=O)NC(=O)NC1=O. The number of hydrogen-bond donors (Lipinski definition) is 2. The summed E-state index contributed by atoms with van der Waals surface area (Å²) in [7, 11) is 0. The Morgan fingerprint density at radius 2 is 1.94 bits per heavy atom. The Bertz CT molecular complexity index is 455. The summed E-state index contributed by atoms with van der Waals surface area (Å²) in [6.07, 6.45) is -2.34. The minimum Gasteiger partial charge on any atom is -0.277 e. The Kier molecular flexibility index (Phi) is 2.04. The Labute approximate surface area is 102 Å². The van der Waals surface area contributed by atoms with Gasteiger partial charge in [0.1, 0.15) is 5.41 Å². The van der Waals surface area contributed by atoms with Gasteiger partial charge in [-0.05, 0) is 18.7 Å². The standard InChI is InChI=1S/C11H18N2O3/c1-4-6-7(3)11(5-2)8(14)12-10(16)13-9(11)15/h7H,4-6H2,1-3H3,(H2,12,13,14,15,16)/i2D3,5D2. The summed E-state index contributed by atoms with van der Waals surface area (Å²) in [5.41, 5.74) is -2.48. The van der Waals surface area contributed by atoms with E-state index in [1.165, 1.54) is 6.92 Å². The number of rotatable bonds is 4. The largest absolute Gasteiger partial charge is 0.328 e. The Morgan fingerprint density at radius 3 is 2.38 bits per heavy atom. The van der Waals surface area contributed by atoms with E-state index < -0.39 is 42.4 Å². The molecule has 0 aliphatic carbocycles. The highest BCUT2D eigenvalue weighted by Gasteiger charge is 2.52. The molecule has 1 rings (SSSR count). The first kappa shape index (κ1) is 7.04. The average Bonchev–Trinajstić information content (AvgIpc) is 2.26. The predicted octanol–water partition coefficient (Wildman–Crippen LogP) is 1.18. The van der Waals surface area contributed by atoms with Crippen LogP contribution in [0.4, 0.5) is 4.79 Å². The van der Waals surface area contributed by atoms with E-state index in [9.17, 15) is 14.4 Å². The van der Waals surface area contributed by atoms with E-state index in [-0.39, 0.29) is 6.42 Å². The first-order valence-electron chi connectivity index (χ1n) is 7.59. The van der Waals surface area contributed by atoms with Gasteiger partial charge < -0.3 is 0 Å². The van der Waals surface area contributed by atoms with Gasteiger partial charge in [0, 0.05) is 6.85 Å². The lowest BCUT2D eigenvalue weighted by atomic mass is 9.70. The number of hydrogen-bond acceptors (Lipinski definition) is 3. The third-order valence-electron chi connectivity index (χ3n) is 2.83. The van der Waals surface area contributed by atoms with E-state index in [1.807, 2.05) is 10.6 Å². The molecular formula is C11H18N2O3. The lowest BCUT2D eigenvalue weighted by Crippen LogP contribution is -2.64. The molecule has 0 saturated carbocycles. The van der Waals surface area contributed by atoms with Crippen LogP contribution in [0, 0.1) is 11.3 Å². The fourth-order valence-electron chi connectivity index (χ4n) is 1.87. The monoisotopic (exact) mass is 231 g/mol. The second kappa shape index (κ2) is 4.63. The van der Waals surface area contributed by atoms with E-state index in [2.05, 4.69) is 0 Å². The van der Waals surface area contributed by atoms with Crippen LogP contribution in [0.25, 0.3) is 0 Å². The van der Waals surface area contributed by atoms with Crippen LogP contribution < -0.4 is 10.6 Å². The van der Waals surface area contributed by atoms with Gasteiger partial charge >= 0.3 is 6.03 Å². The van der Waals surface area contributed by atoms with Crippen molar-refractivity contribution in [1.82, 2.24) is 10.6 Å². The molecule has 2 N–H and O–H groups in total. The molecule has 0 spiro atoms. The fraction of sp³-hybridized carbons (Fsp3) is 0.727. The molecule has 1 saturated heterocycles. The molecule has 1 heterocycles. The van der Waals surface area contributed by atoms with Crippen LogP contribution in [0.5, 0.6) is 0 Å². The molecular weight excluding hydrogens is 208 g/mol. The van der Waals surface area contributed by atoms with E-state index in [0.717, 1.165) is 0 Å². The van der Waals surface area contributed by atoms with Crippen molar-refractivity contribution in [1.29, 1.82) is 0 Å². The number of nitrogens with one attached hydrogen (secondary N) is 2. The van der Waals surface area contributed by atoms with Crippen LogP contribution in [0.2, 0.25) is 0 Å². The van der Waals surface area contributed by atoms with Crippen molar-refractivity contribution in [2.75, 3.05) is 0 Å². The molecule has 4 amide bonds. The lowest BCUT2D eigenvalue weighted by molar-refractivity contribution is -0.148. The molecule has 0 aromatic carbocycles. The Balaban J connectivity index is 3.54. The first-order chi connectivity index (χ1) is 9.42. The highest BCUT2D eigenvalue weighted by atomic mass is 16.2. The number of imide groups is 2. The summed E-state index contributed by atoms with van der Waals surface area (Å²) in [6, 6.07) is -1.08. The highest BCUT2D eigenvalue weighted by molar-refractivity contribution is 6.19.